The van der Waals surface area contributed by atoms with E-state index in [1.165, 1.54) is 6.07 Å². The standard InChI is InChI=1S/C11H12F3NO/c1-10(2)5-7-6(9(10)16)3-4-8(15-7)11(12,13)14/h3-4,9,16H,5H2,1-2H3. The molecule has 16 heavy (non-hydrogen) atoms. The molecule has 5 heteroatoms. The Morgan fingerprint density at radius 2 is 2.00 bits per heavy atom. The minimum absolute atomic E-state index is 0.354. The maximum atomic E-state index is 12.4. The van der Waals surface area contributed by atoms with Crippen LogP contribution in [0.15, 0.2) is 12.1 Å². The topological polar surface area (TPSA) is 33.1 Å². The summed E-state index contributed by atoms with van der Waals surface area (Å²) in [7, 11) is 0. The first kappa shape index (κ1) is 11.4. The molecule has 0 bridgehead atoms. The third-order valence-electron chi connectivity index (χ3n) is 2.96. The molecule has 2 nitrogen and oxygen atoms in total. The Balaban J connectivity index is 2.45. The van der Waals surface area contributed by atoms with Crippen LogP contribution < -0.4 is 0 Å². The monoisotopic (exact) mass is 231 g/mol. The molecule has 1 heterocycles. The number of aliphatic hydroxyl groups is 1. The summed E-state index contributed by atoms with van der Waals surface area (Å²) in [5, 5.41) is 9.88. The predicted octanol–water partition coefficient (Wildman–Crippen LogP) is 2.72. The molecule has 1 N–H and O–H groups in total. The van der Waals surface area contributed by atoms with Crippen molar-refractivity contribution in [3.8, 4) is 0 Å². The van der Waals surface area contributed by atoms with Gasteiger partial charge in [0.15, 0.2) is 0 Å². The van der Waals surface area contributed by atoms with Gasteiger partial charge >= 0.3 is 6.18 Å². The second kappa shape index (κ2) is 3.20. The quantitative estimate of drug-likeness (QED) is 0.744. The molecule has 0 aliphatic heterocycles. The van der Waals surface area contributed by atoms with Crippen molar-refractivity contribution < 1.29 is 18.3 Å². The van der Waals surface area contributed by atoms with Crippen molar-refractivity contribution in [1.82, 2.24) is 4.98 Å². The molecule has 1 aliphatic carbocycles. The van der Waals surface area contributed by atoms with E-state index in [0.29, 0.717) is 17.7 Å². The van der Waals surface area contributed by atoms with E-state index in [0.717, 1.165) is 6.07 Å². The smallest absolute Gasteiger partial charge is 0.388 e. The van der Waals surface area contributed by atoms with Gasteiger partial charge in [-0.25, -0.2) is 4.98 Å². The van der Waals surface area contributed by atoms with Crippen LogP contribution in [-0.2, 0) is 12.6 Å². The van der Waals surface area contributed by atoms with Gasteiger partial charge in [-0.3, -0.25) is 0 Å². The van der Waals surface area contributed by atoms with Crippen LogP contribution in [0.25, 0.3) is 0 Å². The van der Waals surface area contributed by atoms with Gasteiger partial charge in [-0.1, -0.05) is 19.9 Å². The number of pyridine rings is 1. The summed E-state index contributed by atoms with van der Waals surface area (Å²) < 4.78 is 37.3. The predicted molar refractivity (Wildman–Crippen MR) is 51.7 cm³/mol. The highest BCUT2D eigenvalue weighted by Gasteiger charge is 2.41. The molecule has 0 radical (unpaired) electrons. The van der Waals surface area contributed by atoms with E-state index < -0.39 is 23.4 Å². The molecular weight excluding hydrogens is 219 g/mol. The Kier molecular flexibility index (Phi) is 2.28. The zero-order valence-electron chi connectivity index (χ0n) is 8.97. The minimum atomic E-state index is -4.42. The van der Waals surface area contributed by atoms with E-state index in [1.54, 1.807) is 0 Å². The number of fused-ring (bicyclic) bond motifs is 1. The van der Waals surface area contributed by atoms with Crippen LogP contribution in [0.4, 0.5) is 13.2 Å². The van der Waals surface area contributed by atoms with Gasteiger partial charge in [-0.05, 0) is 12.5 Å². The van der Waals surface area contributed by atoms with Gasteiger partial charge in [-0.2, -0.15) is 13.2 Å². The van der Waals surface area contributed by atoms with Crippen molar-refractivity contribution in [3.63, 3.8) is 0 Å². The van der Waals surface area contributed by atoms with Gasteiger partial charge < -0.3 is 5.11 Å². The molecule has 0 aromatic carbocycles. The molecule has 0 amide bonds. The van der Waals surface area contributed by atoms with Crippen LogP contribution in [0, 0.1) is 5.41 Å². The van der Waals surface area contributed by atoms with Crippen molar-refractivity contribution in [1.29, 1.82) is 0 Å². The SMILES string of the molecule is CC1(C)Cc2nc(C(F)(F)F)ccc2C1O. The molecule has 1 aromatic rings. The lowest BCUT2D eigenvalue weighted by molar-refractivity contribution is -0.141. The normalized spacial score (nSPS) is 23.2. The molecule has 0 saturated carbocycles. The molecule has 0 saturated heterocycles. The average molecular weight is 231 g/mol. The summed E-state index contributed by atoms with van der Waals surface area (Å²) in [4.78, 5) is 3.59. The molecule has 0 spiro atoms. The first-order chi connectivity index (χ1) is 7.22. The molecular formula is C11H12F3NO. The second-order valence-electron chi connectivity index (χ2n) is 4.80. The number of alkyl halides is 3. The minimum Gasteiger partial charge on any atom is -0.388 e. The molecule has 1 unspecified atom stereocenters. The summed E-state index contributed by atoms with van der Waals surface area (Å²) in [5.74, 6) is 0. The van der Waals surface area contributed by atoms with Gasteiger partial charge in [0.1, 0.15) is 5.69 Å². The van der Waals surface area contributed by atoms with E-state index in [2.05, 4.69) is 4.98 Å². The summed E-state index contributed by atoms with van der Waals surface area (Å²) in [5.41, 5.74) is -0.471. The highest BCUT2D eigenvalue weighted by Crippen LogP contribution is 2.45. The van der Waals surface area contributed by atoms with Gasteiger partial charge in [0.2, 0.25) is 0 Å². The summed E-state index contributed by atoms with van der Waals surface area (Å²) in [6.45, 7) is 3.62. The molecule has 1 aromatic heterocycles. The van der Waals surface area contributed by atoms with E-state index in [-0.39, 0.29) is 0 Å². The van der Waals surface area contributed by atoms with Crippen LogP contribution in [0.3, 0.4) is 0 Å². The fourth-order valence-corrected chi connectivity index (χ4v) is 2.01. The number of halogens is 3. The maximum absolute atomic E-state index is 12.4. The largest absolute Gasteiger partial charge is 0.433 e. The number of aromatic nitrogens is 1. The fraction of sp³-hybridized carbons (Fsp3) is 0.545. The maximum Gasteiger partial charge on any atom is 0.433 e. The first-order valence-electron chi connectivity index (χ1n) is 4.97. The number of nitrogens with zero attached hydrogens (tertiary/aromatic N) is 1. The Hall–Kier alpha value is -1.10. The Morgan fingerprint density at radius 1 is 1.38 bits per heavy atom. The van der Waals surface area contributed by atoms with Gasteiger partial charge in [0, 0.05) is 16.7 Å². The third-order valence-corrected chi connectivity index (χ3v) is 2.96. The van der Waals surface area contributed by atoms with Gasteiger partial charge in [0.25, 0.3) is 0 Å². The lowest BCUT2D eigenvalue weighted by Gasteiger charge is -2.21. The van der Waals surface area contributed by atoms with Crippen LogP contribution in [-0.4, -0.2) is 10.1 Å². The van der Waals surface area contributed by atoms with Crippen molar-refractivity contribution in [2.75, 3.05) is 0 Å². The number of aliphatic hydroxyl groups excluding tert-OH is 1. The van der Waals surface area contributed by atoms with Crippen molar-refractivity contribution >= 4 is 0 Å². The zero-order valence-corrected chi connectivity index (χ0v) is 8.97. The van der Waals surface area contributed by atoms with E-state index in [4.69, 9.17) is 0 Å². The summed E-state index contributed by atoms with van der Waals surface area (Å²) >= 11 is 0. The number of hydrogen-bond acceptors (Lipinski definition) is 2. The summed E-state index contributed by atoms with van der Waals surface area (Å²) in [6, 6.07) is 2.24. The van der Waals surface area contributed by atoms with Crippen molar-refractivity contribution in [2.45, 2.75) is 32.5 Å². The number of hydrogen-bond donors (Lipinski definition) is 1. The third kappa shape index (κ3) is 1.69. The molecule has 0 fully saturated rings. The van der Waals surface area contributed by atoms with Crippen LogP contribution in [0.1, 0.15) is 36.9 Å². The highest BCUT2D eigenvalue weighted by molar-refractivity contribution is 5.33. The van der Waals surface area contributed by atoms with Crippen molar-refractivity contribution in [2.24, 2.45) is 5.41 Å². The van der Waals surface area contributed by atoms with E-state index in [9.17, 15) is 18.3 Å². The lowest BCUT2D eigenvalue weighted by Crippen LogP contribution is -2.16. The van der Waals surface area contributed by atoms with E-state index in [1.807, 2.05) is 13.8 Å². The first-order valence-corrected chi connectivity index (χ1v) is 4.97. The van der Waals surface area contributed by atoms with Gasteiger partial charge in [0.05, 0.1) is 6.10 Å². The Morgan fingerprint density at radius 3 is 2.56 bits per heavy atom. The van der Waals surface area contributed by atoms with Crippen LogP contribution >= 0.6 is 0 Å². The number of rotatable bonds is 0. The molecule has 1 aliphatic rings. The van der Waals surface area contributed by atoms with E-state index >= 15 is 0 Å². The van der Waals surface area contributed by atoms with Gasteiger partial charge in [-0.15, -0.1) is 0 Å². The fourth-order valence-electron chi connectivity index (χ4n) is 2.01. The van der Waals surface area contributed by atoms with Crippen LogP contribution in [0.2, 0.25) is 0 Å². The van der Waals surface area contributed by atoms with Crippen molar-refractivity contribution in [3.05, 3.63) is 29.1 Å². The van der Waals surface area contributed by atoms with Crippen LogP contribution in [0.5, 0.6) is 0 Å². The summed E-state index contributed by atoms with van der Waals surface area (Å²) in [6.07, 6.45) is -4.79. The average Bonchev–Trinajstić information content (AvgIpc) is 2.36. The highest BCUT2D eigenvalue weighted by atomic mass is 19.4. The lowest BCUT2D eigenvalue weighted by atomic mass is 9.88. The second-order valence-corrected chi connectivity index (χ2v) is 4.80. The molecule has 2 rings (SSSR count). The zero-order chi connectivity index (χ0) is 12.1. The Labute approximate surface area is 91.1 Å². The molecule has 88 valence electrons. The Bertz CT molecular complexity index is 426. The molecule has 1 atom stereocenters.